The van der Waals surface area contributed by atoms with Crippen LogP contribution >= 0.6 is 34.5 Å². The second-order valence-electron chi connectivity index (χ2n) is 8.19. The van der Waals surface area contributed by atoms with Gasteiger partial charge in [0.05, 0.1) is 6.04 Å². The highest BCUT2D eigenvalue weighted by molar-refractivity contribution is 14.1. The number of aliphatic carboxylic acids is 1. The fraction of sp³-hybridized carbons (Fsp3) is 0.476. The summed E-state index contributed by atoms with van der Waals surface area (Å²) < 4.78 is 11.6. The minimum atomic E-state index is -1.28. The number of carboxylic acids is 1. The van der Waals surface area contributed by atoms with Crippen LogP contribution in [-0.4, -0.2) is 73.7 Å². The molecule has 11 nitrogen and oxygen atoms in total. The fourth-order valence-corrected chi connectivity index (χ4v) is 5.03. The van der Waals surface area contributed by atoms with Gasteiger partial charge in [0.15, 0.2) is 6.61 Å². The molecule has 2 rings (SSSR count). The Morgan fingerprint density at radius 1 is 1.21 bits per heavy atom. The predicted octanol–water partition coefficient (Wildman–Crippen LogP) is 1.66. The number of halogens is 1. The van der Waals surface area contributed by atoms with Crippen molar-refractivity contribution in [3.63, 3.8) is 0 Å². The first-order valence-corrected chi connectivity index (χ1v) is 12.6. The molecule has 1 aromatic carbocycles. The first-order valence-electron chi connectivity index (χ1n) is 10.2. The van der Waals surface area contributed by atoms with Crippen LogP contribution in [0.4, 0.5) is 4.79 Å². The molecule has 3 N–H and O–H groups in total. The monoisotopic (exact) mass is 607 g/mol. The van der Waals surface area contributed by atoms with Crippen LogP contribution in [0.1, 0.15) is 32.4 Å². The van der Waals surface area contributed by atoms with Crippen molar-refractivity contribution in [2.24, 2.45) is 0 Å². The Morgan fingerprint density at radius 2 is 1.85 bits per heavy atom. The molecule has 0 radical (unpaired) electrons. The van der Waals surface area contributed by atoms with E-state index >= 15 is 0 Å². The van der Waals surface area contributed by atoms with Crippen molar-refractivity contribution in [1.82, 2.24) is 14.9 Å². The van der Waals surface area contributed by atoms with Crippen molar-refractivity contribution in [3.8, 4) is 0 Å². The van der Waals surface area contributed by atoms with Crippen molar-refractivity contribution in [3.05, 3.63) is 35.9 Å². The van der Waals surface area contributed by atoms with Gasteiger partial charge in [-0.3, -0.25) is 18.7 Å². The normalized spacial score (nSPS) is 18.4. The van der Waals surface area contributed by atoms with Gasteiger partial charge >= 0.3 is 18.0 Å². The summed E-state index contributed by atoms with van der Waals surface area (Å²) in [7, 11) is 0. The van der Waals surface area contributed by atoms with Gasteiger partial charge in [-0.2, -0.15) is 0 Å². The van der Waals surface area contributed by atoms with E-state index in [0.29, 0.717) is 9.99 Å². The summed E-state index contributed by atoms with van der Waals surface area (Å²) in [6.07, 6.45) is -0.779. The molecule has 0 bridgehead atoms. The van der Waals surface area contributed by atoms with Crippen LogP contribution in [0.25, 0.3) is 0 Å². The van der Waals surface area contributed by atoms with Crippen LogP contribution in [0.2, 0.25) is 0 Å². The summed E-state index contributed by atoms with van der Waals surface area (Å²) in [6, 6.07) is 6.20. The number of nitrogens with zero attached hydrogens (tertiary/aromatic N) is 1. The Morgan fingerprint density at radius 3 is 2.41 bits per heavy atom. The van der Waals surface area contributed by atoms with Gasteiger partial charge in [0, 0.05) is 4.43 Å². The number of esters is 1. The van der Waals surface area contributed by atoms with E-state index < -0.39 is 60.2 Å². The van der Waals surface area contributed by atoms with Gasteiger partial charge in [-0.15, -0.1) is 0 Å². The lowest BCUT2D eigenvalue weighted by Crippen LogP contribution is -2.69. The van der Waals surface area contributed by atoms with Crippen molar-refractivity contribution >= 4 is 64.4 Å². The molecule has 0 spiro atoms. The summed E-state index contributed by atoms with van der Waals surface area (Å²) in [4.78, 5) is 60.2. The van der Waals surface area contributed by atoms with Crippen LogP contribution in [0.3, 0.4) is 0 Å². The Bertz CT molecular complexity index is 924. The van der Waals surface area contributed by atoms with Crippen molar-refractivity contribution in [2.75, 3.05) is 16.8 Å². The van der Waals surface area contributed by atoms with E-state index in [2.05, 4.69) is 38.0 Å². The van der Waals surface area contributed by atoms with Crippen molar-refractivity contribution in [1.29, 1.82) is 0 Å². The van der Waals surface area contributed by atoms with Crippen LogP contribution in [0.5, 0.6) is 0 Å². The molecule has 0 aromatic heterocycles. The third-order valence-corrected chi connectivity index (χ3v) is 6.36. The number of carbonyl (C=O) groups is 5. The van der Waals surface area contributed by atoms with Crippen molar-refractivity contribution in [2.45, 2.75) is 44.5 Å². The lowest BCUT2D eigenvalue weighted by atomic mass is 9.99. The van der Waals surface area contributed by atoms with E-state index in [1.807, 2.05) is 0 Å². The summed E-state index contributed by atoms with van der Waals surface area (Å²) in [6.45, 7) is 4.34. The van der Waals surface area contributed by atoms with Gasteiger partial charge in [0.2, 0.25) is 5.91 Å². The third-order valence-electron chi connectivity index (χ3n) is 4.36. The number of hydrogen-bond acceptors (Lipinski definition) is 8. The number of alkyl carbamates (subject to hydrolysis) is 1. The zero-order valence-electron chi connectivity index (χ0n) is 18.8. The molecule has 1 aliphatic rings. The topological polar surface area (TPSA) is 151 Å². The maximum Gasteiger partial charge on any atom is 0.408 e. The highest BCUT2D eigenvalue weighted by atomic mass is 127. The molecule has 1 heterocycles. The number of amides is 3. The second kappa shape index (κ2) is 12.2. The van der Waals surface area contributed by atoms with Crippen LogP contribution in [-0.2, 0) is 28.7 Å². The van der Waals surface area contributed by atoms with E-state index in [-0.39, 0.29) is 5.75 Å². The lowest BCUT2D eigenvalue weighted by molar-refractivity contribution is -0.153. The summed E-state index contributed by atoms with van der Waals surface area (Å²) in [5.74, 6) is -3.31. The quantitative estimate of drug-likeness (QED) is 0.119. The number of alkyl halides is 1. The summed E-state index contributed by atoms with van der Waals surface area (Å²) in [5, 5.41) is 13.8. The minimum absolute atomic E-state index is 0.250. The zero-order valence-corrected chi connectivity index (χ0v) is 21.8. The first kappa shape index (κ1) is 27.7. The third kappa shape index (κ3) is 8.04. The largest absolute Gasteiger partial charge is 0.479 e. The van der Waals surface area contributed by atoms with Crippen molar-refractivity contribution < 1.29 is 38.6 Å². The molecular formula is C21H26IN3O8S. The molecular weight excluding hydrogens is 581 g/mol. The van der Waals surface area contributed by atoms with Gasteiger partial charge < -0.3 is 25.2 Å². The van der Waals surface area contributed by atoms with Crippen LogP contribution < -0.4 is 10.6 Å². The molecule has 1 aliphatic heterocycles. The van der Waals surface area contributed by atoms with E-state index in [1.165, 1.54) is 4.31 Å². The van der Waals surface area contributed by atoms with Gasteiger partial charge in [0.25, 0.3) is 5.91 Å². The van der Waals surface area contributed by atoms with Gasteiger partial charge in [-0.05, 0) is 38.3 Å². The SMILES string of the molecule is CC(C)(C)OC(=O)NC(C(=O)NC1C(=O)N(SCC(=O)OCC(=O)O)C1CI)c1ccccc1. The number of ether oxygens (including phenoxy) is 2. The average molecular weight is 607 g/mol. The number of carbonyl (C=O) groups excluding carboxylic acids is 4. The smallest absolute Gasteiger partial charge is 0.408 e. The molecule has 1 fully saturated rings. The average Bonchev–Trinajstić information content (AvgIpc) is 2.76. The minimum Gasteiger partial charge on any atom is -0.479 e. The highest BCUT2D eigenvalue weighted by Crippen LogP contribution is 2.30. The maximum atomic E-state index is 13.1. The predicted molar refractivity (Wildman–Crippen MR) is 131 cm³/mol. The molecule has 0 saturated carbocycles. The van der Waals surface area contributed by atoms with Crippen LogP contribution in [0, 0.1) is 0 Å². The zero-order chi connectivity index (χ0) is 25.5. The van der Waals surface area contributed by atoms with E-state index in [0.717, 1.165) is 11.9 Å². The molecule has 186 valence electrons. The Labute approximate surface area is 214 Å². The molecule has 0 aliphatic carbocycles. The van der Waals surface area contributed by atoms with Gasteiger partial charge in [-0.25, -0.2) is 9.59 Å². The molecule has 3 unspecified atom stereocenters. The Balaban J connectivity index is 2.03. The highest BCUT2D eigenvalue weighted by Gasteiger charge is 2.49. The van der Waals surface area contributed by atoms with E-state index in [4.69, 9.17) is 9.84 Å². The number of benzene rings is 1. The van der Waals surface area contributed by atoms with E-state index in [9.17, 15) is 24.0 Å². The van der Waals surface area contributed by atoms with Gasteiger partial charge in [0.1, 0.15) is 23.4 Å². The Kier molecular flexibility index (Phi) is 9.97. The number of nitrogens with one attached hydrogen (secondary N) is 2. The van der Waals surface area contributed by atoms with Crippen LogP contribution in [0.15, 0.2) is 30.3 Å². The summed E-state index contributed by atoms with van der Waals surface area (Å²) in [5.41, 5.74) is -0.252. The maximum absolute atomic E-state index is 13.1. The molecule has 1 saturated heterocycles. The first-order chi connectivity index (χ1) is 15.9. The molecule has 1 aromatic rings. The molecule has 13 heteroatoms. The molecule has 3 amide bonds. The number of rotatable bonds is 10. The standard InChI is InChI=1S/C21H26IN3O8S/c1-21(2,3)33-20(31)24-16(12-7-5-4-6-8-12)18(29)23-17-13(9-22)25(19(17)30)34-11-15(28)32-10-14(26)27/h4-8,13,16-17H,9-11H2,1-3H3,(H,23,29)(H,24,31)(H,26,27). The Hall–Kier alpha value is -2.55. The number of carboxylic acid groups (broad SMARTS) is 1. The second-order valence-corrected chi connectivity index (χ2v) is 10.0. The lowest BCUT2D eigenvalue weighted by Gasteiger charge is -2.45. The number of β-lactam (4-membered cyclic amide) rings is 1. The molecule has 34 heavy (non-hydrogen) atoms. The molecule has 3 atom stereocenters. The number of hydrogen-bond donors (Lipinski definition) is 3. The van der Waals surface area contributed by atoms with Gasteiger partial charge in [-0.1, -0.05) is 52.9 Å². The van der Waals surface area contributed by atoms with E-state index in [1.54, 1.807) is 51.1 Å². The fourth-order valence-electron chi connectivity index (χ4n) is 2.90. The summed E-state index contributed by atoms with van der Waals surface area (Å²) >= 11 is 2.94.